The predicted molar refractivity (Wildman–Crippen MR) is 83.6 cm³/mol. The third kappa shape index (κ3) is 3.58. The average molecular weight is 313 g/mol. The van der Waals surface area contributed by atoms with E-state index in [0.29, 0.717) is 17.1 Å². The Labute approximate surface area is 128 Å². The van der Waals surface area contributed by atoms with Gasteiger partial charge in [0.25, 0.3) is 0 Å². The molecule has 2 aromatic rings. The van der Waals surface area contributed by atoms with Crippen molar-refractivity contribution >= 4 is 22.9 Å². The molecular weight excluding hydrogens is 295 g/mol. The number of nitrogens with two attached hydrogens (primary N) is 1. The minimum Gasteiger partial charge on any atom is -0.329 e. The molecule has 2 N–H and O–H groups in total. The number of rotatable bonds is 6. The number of thiophene rings is 1. The second kappa shape index (κ2) is 7.18. The largest absolute Gasteiger partial charge is 0.329 e. The van der Waals surface area contributed by atoms with Gasteiger partial charge in [0.2, 0.25) is 0 Å². The predicted octanol–water partition coefficient (Wildman–Crippen LogP) is 4.06. The van der Waals surface area contributed by atoms with Gasteiger partial charge >= 0.3 is 0 Å². The van der Waals surface area contributed by atoms with Gasteiger partial charge in [-0.2, -0.15) is 0 Å². The maximum atomic E-state index is 14.1. The van der Waals surface area contributed by atoms with E-state index in [4.69, 9.17) is 17.3 Å². The standard InChI is InChI=1S/C15H18ClFN2S/c1-2-19(10-12-4-3-7-20-12)15(9-18)13-6-5-11(16)8-14(13)17/h3-8,15H,2,9-10,18H2,1H3. The maximum Gasteiger partial charge on any atom is 0.129 e. The molecular formula is C15H18ClFN2S. The van der Waals surface area contributed by atoms with Crippen molar-refractivity contribution in [3.63, 3.8) is 0 Å². The average Bonchev–Trinajstić information content (AvgIpc) is 2.93. The van der Waals surface area contributed by atoms with Crippen LogP contribution in [0.5, 0.6) is 0 Å². The zero-order chi connectivity index (χ0) is 14.5. The molecule has 108 valence electrons. The smallest absolute Gasteiger partial charge is 0.129 e. The topological polar surface area (TPSA) is 29.3 Å². The molecule has 0 aliphatic heterocycles. The Morgan fingerprint density at radius 1 is 1.40 bits per heavy atom. The first kappa shape index (κ1) is 15.4. The number of benzene rings is 1. The zero-order valence-corrected chi connectivity index (χ0v) is 12.9. The molecule has 0 radical (unpaired) electrons. The van der Waals surface area contributed by atoms with Crippen LogP contribution in [0.4, 0.5) is 4.39 Å². The van der Waals surface area contributed by atoms with Gasteiger partial charge in [-0.15, -0.1) is 11.3 Å². The molecule has 0 spiro atoms. The second-order valence-electron chi connectivity index (χ2n) is 4.56. The van der Waals surface area contributed by atoms with E-state index in [1.165, 1.54) is 10.9 Å². The molecule has 0 saturated carbocycles. The first-order chi connectivity index (χ1) is 9.65. The van der Waals surface area contributed by atoms with Gasteiger partial charge in [-0.25, -0.2) is 4.39 Å². The summed E-state index contributed by atoms with van der Waals surface area (Å²) in [6.45, 7) is 4.02. The lowest BCUT2D eigenvalue weighted by molar-refractivity contribution is 0.201. The van der Waals surface area contributed by atoms with Crippen LogP contribution in [0.2, 0.25) is 5.02 Å². The minimum absolute atomic E-state index is 0.139. The number of hydrogen-bond donors (Lipinski definition) is 1. The van der Waals surface area contributed by atoms with E-state index >= 15 is 0 Å². The van der Waals surface area contributed by atoms with Gasteiger partial charge in [-0.3, -0.25) is 4.90 Å². The molecule has 0 aliphatic carbocycles. The third-order valence-electron chi connectivity index (χ3n) is 3.33. The third-order valence-corrected chi connectivity index (χ3v) is 4.43. The number of likely N-dealkylation sites (N-methyl/N-ethyl adjacent to an activating group) is 1. The van der Waals surface area contributed by atoms with Crippen LogP contribution in [-0.4, -0.2) is 18.0 Å². The highest BCUT2D eigenvalue weighted by Crippen LogP contribution is 2.27. The van der Waals surface area contributed by atoms with Gasteiger partial charge in [0.1, 0.15) is 5.82 Å². The van der Waals surface area contributed by atoms with Gasteiger partial charge in [0.15, 0.2) is 0 Å². The molecule has 0 aliphatic rings. The van der Waals surface area contributed by atoms with Crippen LogP contribution in [0.1, 0.15) is 23.4 Å². The van der Waals surface area contributed by atoms with E-state index in [-0.39, 0.29) is 11.9 Å². The lowest BCUT2D eigenvalue weighted by atomic mass is 10.0. The lowest BCUT2D eigenvalue weighted by Crippen LogP contribution is -2.33. The van der Waals surface area contributed by atoms with Crippen LogP contribution < -0.4 is 5.73 Å². The van der Waals surface area contributed by atoms with Gasteiger partial charge in [0, 0.05) is 28.6 Å². The van der Waals surface area contributed by atoms with Crippen molar-refractivity contribution in [1.82, 2.24) is 4.90 Å². The summed E-state index contributed by atoms with van der Waals surface area (Å²) >= 11 is 7.51. The van der Waals surface area contributed by atoms with Gasteiger partial charge in [0.05, 0.1) is 6.04 Å². The highest BCUT2D eigenvalue weighted by molar-refractivity contribution is 7.09. The molecule has 0 amide bonds. The quantitative estimate of drug-likeness (QED) is 0.871. The zero-order valence-electron chi connectivity index (χ0n) is 11.4. The van der Waals surface area contributed by atoms with Crippen molar-refractivity contribution in [2.24, 2.45) is 5.73 Å². The van der Waals surface area contributed by atoms with Crippen LogP contribution in [0.15, 0.2) is 35.7 Å². The molecule has 1 unspecified atom stereocenters. The Kier molecular flexibility index (Phi) is 5.54. The fraction of sp³-hybridized carbons (Fsp3) is 0.333. The Bertz CT molecular complexity index is 545. The molecule has 1 aromatic carbocycles. The van der Waals surface area contributed by atoms with Crippen LogP contribution in [-0.2, 0) is 6.54 Å². The summed E-state index contributed by atoms with van der Waals surface area (Å²) in [7, 11) is 0. The molecule has 1 aromatic heterocycles. The maximum absolute atomic E-state index is 14.1. The molecule has 5 heteroatoms. The van der Waals surface area contributed by atoms with Crippen LogP contribution in [0.25, 0.3) is 0 Å². The minimum atomic E-state index is -0.294. The van der Waals surface area contributed by atoms with Crippen LogP contribution in [0.3, 0.4) is 0 Å². The molecule has 0 bridgehead atoms. The van der Waals surface area contributed by atoms with E-state index in [0.717, 1.165) is 13.1 Å². The molecule has 1 atom stereocenters. The van der Waals surface area contributed by atoms with Crippen LogP contribution >= 0.6 is 22.9 Å². The van der Waals surface area contributed by atoms with Crippen molar-refractivity contribution in [2.75, 3.05) is 13.1 Å². The number of hydrogen-bond acceptors (Lipinski definition) is 3. The normalized spacial score (nSPS) is 12.8. The summed E-state index contributed by atoms with van der Waals surface area (Å²) in [4.78, 5) is 3.43. The molecule has 20 heavy (non-hydrogen) atoms. The molecule has 2 rings (SSSR count). The SMILES string of the molecule is CCN(Cc1cccs1)C(CN)c1ccc(Cl)cc1F. The Hall–Kier alpha value is -0.940. The summed E-state index contributed by atoms with van der Waals surface area (Å²) in [5, 5.41) is 2.45. The van der Waals surface area contributed by atoms with E-state index in [1.54, 1.807) is 23.5 Å². The number of nitrogens with zero attached hydrogens (tertiary/aromatic N) is 1. The van der Waals surface area contributed by atoms with Gasteiger partial charge in [-0.1, -0.05) is 30.7 Å². The first-order valence-electron chi connectivity index (χ1n) is 6.57. The summed E-state index contributed by atoms with van der Waals surface area (Å²) in [5.74, 6) is -0.294. The Balaban J connectivity index is 2.24. The second-order valence-corrected chi connectivity index (χ2v) is 6.03. The summed E-state index contributed by atoms with van der Waals surface area (Å²) in [5.41, 5.74) is 6.49. The highest BCUT2D eigenvalue weighted by atomic mass is 35.5. The Morgan fingerprint density at radius 3 is 2.75 bits per heavy atom. The summed E-state index contributed by atoms with van der Waals surface area (Å²) in [6, 6.07) is 8.75. The Morgan fingerprint density at radius 2 is 2.20 bits per heavy atom. The number of halogens is 2. The summed E-state index contributed by atoms with van der Waals surface area (Å²) < 4.78 is 14.1. The van der Waals surface area contributed by atoms with E-state index in [2.05, 4.69) is 17.9 Å². The van der Waals surface area contributed by atoms with Crippen molar-refractivity contribution in [3.05, 3.63) is 57.0 Å². The van der Waals surface area contributed by atoms with Crippen molar-refractivity contribution in [2.45, 2.75) is 19.5 Å². The molecule has 0 saturated heterocycles. The fourth-order valence-corrected chi connectivity index (χ4v) is 3.18. The van der Waals surface area contributed by atoms with Crippen molar-refractivity contribution in [1.29, 1.82) is 0 Å². The summed E-state index contributed by atoms with van der Waals surface area (Å²) in [6.07, 6.45) is 0. The fourth-order valence-electron chi connectivity index (χ4n) is 2.29. The molecule has 2 nitrogen and oxygen atoms in total. The van der Waals surface area contributed by atoms with Gasteiger partial charge in [-0.05, 0) is 30.1 Å². The lowest BCUT2D eigenvalue weighted by Gasteiger charge is -2.30. The van der Waals surface area contributed by atoms with E-state index in [1.807, 2.05) is 11.4 Å². The highest BCUT2D eigenvalue weighted by Gasteiger charge is 2.21. The first-order valence-corrected chi connectivity index (χ1v) is 7.83. The molecule has 1 heterocycles. The van der Waals surface area contributed by atoms with Gasteiger partial charge < -0.3 is 5.73 Å². The van der Waals surface area contributed by atoms with Crippen molar-refractivity contribution < 1.29 is 4.39 Å². The van der Waals surface area contributed by atoms with Crippen molar-refractivity contribution in [3.8, 4) is 0 Å². The molecule has 0 fully saturated rings. The monoisotopic (exact) mass is 312 g/mol. The van der Waals surface area contributed by atoms with Crippen LogP contribution in [0, 0.1) is 5.82 Å². The van der Waals surface area contributed by atoms with E-state index in [9.17, 15) is 4.39 Å². The van der Waals surface area contributed by atoms with E-state index < -0.39 is 0 Å².